The average Bonchev–Trinajstić information content (AvgIpc) is 2.30. The average molecular weight is 274 g/mol. The standard InChI is InChI=1S/C13H13F3O3/c1-2-18-12(17)9-5-7-10-6-3-4-8-11(10)19-13(14,15)16/h3-8H,2,9H2,1H3. The highest BCUT2D eigenvalue weighted by Gasteiger charge is 2.31. The van der Waals surface area contributed by atoms with Crippen LogP contribution < -0.4 is 4.74 Å². The quantitative estimate of drug-likeness (QED) is 0.770. The van der Waals surface area contributed by atoms with Crippen molar-refractivity contribution in [1.29, 1.82) is 0 Å². The van der Waals surface area contributed by atoms with Crippen LogP contribution in [0.1, 0.15) is 18.9 Å². The molecule has 0 amide bonds. The van der Waals surface area contributed by atoms with Crippen molar-refractivity contribution in [2.24, 2.45) is 0 Å². The molecule has 0 aliphatic rings. The Kier molecular flexibility index (Phi) is 5.41. The normalized spacial score (nSPS) is 11.6. The summed E-state index contributed by atoms with van der Waals surface area (Å²) < 4.78 is 45.0. The lowest BCUT2D eigenvalue weighted by Gasteiger charge is -2.10. The maximum absolute atomic E-state index is 12.2. The minimum absolute atomic E-state index is 0.00576. The van der Waals surface area contributed by atoms with Gasteiger partial charge in [-0.2, -0.15) is 0 Å². The van der Waals surface area contributed by atoms with Gasteiger partial charge in [-0.3, -0.25) is 4.79 Å². The third-order valence-corrected chi connectivity index (χ3v) is 2.03. The lowest BCUT2D eigenvalue weighted by molar-refractivity contribution is -0.274. The zero-order valence-corrected chi connectivity index (χ0v) is 10.2. The molecule has 0 aliphatic carbocycles. The van der Waals surface area contributed by atoms with Crippen molar-refractivity contribution in [2.45, 2.75) is 19.7 Å². The van der Waals surface area contributed by atoms with Crippen LogP contribution in [0.25, 0.3) is 6.08 Å². The molecule has 0 saturated carbocycles. The fourth-order valence-corrected chi connectivity index (χ4v) is 1.34. The number of halogens is 3. The Morgan fingerprint density at radius 1 is 1.32 bits per heavy atom. The summed E-state index contributed by atoms with van der Waals surface area (Å²) in [6.45, 7) is 1.94. The minimum atomic E-state index is -4.74. The van der Waals surface area contributed by atoms with Gasteiger partial charge in [0.15, 0.2) is 0 Å². The molecule has 0 radical (unpaired) electrons. The first-order chi connectivity index (χ1) is 8.92. The van der Waals surface area contributed by atoms with E-state index in [1.54, 1.807) is 13.0 Å². The molecule has 0 aromatic heterocycles. The van der Waals surface area contributed by atoms with E-state index in [-0.39, 0.29) is 24.3 Å². The zero-order valence-electron chi connectivity index (χ0n) is 10.2. The van der Waals surface area contributed by atoms with Crippen LogP contribution in [-0.4, -0.2) is 18.9 Å². The summed E-state index contributed by atoms with van der Waals surface area (Å²) in [5.41, 5.74) is 0.240. The first-order valence-electron chi connectivity index (χ1n) is 5.59. The Hall–Kier alpha value is -1.98. The number of carbonyl (C=O) groups excluding carboxylic acids is 1. The molecule has 1 rings (SSSR count). The van der Waals surface area contributed by atoms with E-state index in [2.05, 4.69) is 9.47 Å². The molecule has 0 atom stereocenters. The van der Waals surface area contributed by atoms with E-state index in [4.69, 9.17) is 0 Å². The van der Waals surface area contributed by atoms with Crippen LogP contribution in [-0.2, 0) is 9.53 Å². The van der Waals surface area contributed by atoms with Gasteiger partial charge in [0.25, 0.3) is 0 Å². The van der Waals surface area contributed by atoms with Crippen molar-refractivity contribution in [3.05, 3.63) is 35.9 Å². The van der Waals surface area contributed by atoms with Crippen LogP contribution in [0.5, 0.6) is 5.75 Å². The number of carbonyl (C=O) groups is 1. The molecule has 0 unspecified atom stereocenters. The second-order valence-corrected chi connectivity index (χ2v) is 3.50. The van der Waals surface area contributed by atoms with E-state index in [0.717, 1.165) is 0 Å². The molecule has 0 fully saturated rings. The van der Waals surface area contributed by atoms with Gasteiger partial charge < -0.3 is 9.47 Å². The summed E-state index contributed by atoms with van der Waals surface area (Å²) in [6, 6.07) is 5.68. The Labute approximate surface area is 108 Å². The topological polar surface area (TPSA) is 35.5 Å². The van der Waals surface area contributed by atoms with E-state index < -0.39 is 12.3 Å². The second kappa shape index (κ2) is 6.82. The van der Waals surface area contributed by atoms with E-state index in [0.29, 0.717) is 0 Å². The number of esters is 1. The van der Waals surface area contributed by atoms with Crippen LogP contribution in [0.4, 0.5) is 13.2 Å². The van der Waals surface area contributed by atoms with E-state index in [1.165, 1.54) is 30.4 Å². The molecule has 104 valence electrons. The maximum atomic E-state index is 12.2. The lowest BCUT2D eigenvalue weighted by Crippen LogP contribution is -2.17. The van der Waals surface area contributed by atoms with Gasteiger partial charge >= 0.3 is 12.3 Å². The molecular weight excluding hydrogens is 261 g/mol. The number of hydrogen-bond donors (Lipinski definition) is 0. The number of alkyl halides is 3. The first kappa shape index (κ1) is 15.1. The summed E-state index contributed by atoms with van der Waals surface area (Å²) in [6.07, 6.45) is -1.94. The number of rotatable bonds is 5. The molecule has 0 spiro atoms. The highest BCUT2D eigenvalue weighted by atomic mass is 19.4. The molecule has 3 nitrogen and oxygen atoms in total. The van der Waals surface area contributed by atoms with Gasteiger partial charge in [-0.1, -0.05) is 30.4 Å². The molecule has 0 N–H and O–H groups in total. The van der Waals surface area contributed by atoms with Crippen molar-refractivity contribution >= 4 is 12.0 Å². The molecular formula is C13H13F3O3. The van der Waals surface area contributed by atoms with Gasteiger partial charge in [0, 0.05) is 5.56 Å². The van der Waals surface area contributed by atoms with Gasteiger partial charge in [0.05, 0.1) is 13.0 Å². The third-order valence-electron chi connectivity index (χ3n) is 2.03. The van der Waals surface area contributed by atoms with Crippen LogP contribution in [0, 0.1) is 0 Å². The summed E-state index contributed by atoms with van der Waals surface area (Å²) in [5, 5.41) is 0. The zero-order chi connectivity index (χ0) is 14.3. The molecule has 0 aliphatic heterocycles. The number of para-hydroxylation sites is 1. The lowest BCUT2D eigenvalue weighted by atomic mass is 10.2. The van der Waals surface area contributed by atoms with Crippen LogP contribution in [0.2, 0.25) is 0 Å². The van der Waals surface area contributed by atoms with Crippen molar-refractivity contribution in [3.63, 3.8) is 0 Å². The SMILES string of the molecule is CCOC(=O)CC=Cc1ccccc1OC(F)(F)F. The van der Waals surface area contributed by atoms with E-state index in [1.807, 2.05) is 0 Å². The van der Waals surface area contributed by atoms with Crippen LogP contribution in [0.15, 0.2) is 30.3 Å². The third kappa shape index (κ3) is 5.94. The van der Waals surface area contributed by atoms with Crippen LogP contribution in [0.3, 0.4) is 0 Å². The fourth-order valence-electron chi connectivity index (χ4n) is 1.34. The molecule has 0 saturated heterocycles. The van der Waals surface area contributed by atoms with Gasteiger partial charge in [-0.15, -0.1) is 13.2 Å². The van der Waals surface area contributed by atoms with Gasteiger partial charge in [-0.25, -0.2) is 0 Å². The molecule has 0 bridgehead atoms. The number of benzene rings is 1. The smallest absolute Gasteiger partial charge is 0.466 e. The summed E-state index contributed by atoms with van der Waals surface area (Å²) in [7, 11) is 0. The fraction of sp³-hybridized carbons (Fsp3) is 0.308. The van der Waals surface area contributed by atoms with Crippen molar-refractivity contribution in [2.75, 3.05) is 6.61 Å². The summed E-state index contributed by atoms with van der Waals surface area (Å²) >= 11 is 0. The highest BCUT2D eigenvalue weighted by molar-refractivity contribution is 5.73. The highest BCUT2D eigenvalue weighted by Crippen LogP contribution is 2.27. The Morgan fingerprint density at radius 2 is 2.00 bits per heavy atom. The Balaban J connectivity index is 2.72. The molecule has 6 heteroatoms. The van der Waals surface area contributed by atoms with E-state index in [9.17, 15) is 18.0 Å². The maximum Gasteiger partial charge on any atom is 0.573 e. The number of ether oxygens (including phenoxy) is 2. The predicted molar refractivity (Wildman–Crippen MR) is 63.4 cm³/mol. The molecule has 1 aromatic rings. The monoisotopic (exact) mass is 274 g/mol. The largest absolute Gasteiger partial charge is 0.573 e. The van der Waals surface area contributed by atoms with Crippen molar-refractivity contribution in [1.82, 2.24) is 0 Å². The summed E-state index contributed by atoms with van der Waals surface area (Å²) in [5.74, 6) is -0.747. The number of hydrogen-bond acceptors (Lipinski definition) is 3. The Morgan fingerprint density at radius 3 is 2.63 bits per heavy atom. The molecule has 0 heterocycles. The minimum Gasteiger partial charge on any atom is -0.466 e. The Bertz CT molecular complexity index is 453. The molecule has 1 aromatic carbocycles. The second-order valence-electron chi connectivity index (χ2n) is 3.50. The van der Waals surface area contributed by atoms with Gasteiger partial charge in [0.2, 0.25) is 0 Å². The van der Waals surface area contributed by atoms with Crippen LogP contribution >= 0.6 is 0 Å². The van der Waals surface area contributed by atoms with Gasteiger partial charge in [-0.05, 0) is 13.0 Å². The first-order valence-corrected chi connectivity index (χ1v) is 5.59. The van der Waals surface area contributed by atoms with E-state index >= 15 is 0 Å². The summed E-state index contributed by atoms with van der Waals surface area (Å²) in [4.78, 5) is 11.1. The predicted octanol–water partition coefficient (Wildman–Crippen LogP) is 3.55. The van der Waals surface area contributed by atoms with Gasteiger partial charge in [0.1, 0.15) is 5.75 Å². The molecule has 19 heavy (non-hydrogen) atoms. The van der Waals surface area contributed by atoms with Crippen molar-refractivity contribution < 1.29 is 27.4 Å². The van der Waals surface area contributed by atoms with Crippen molar-refractivity contribution in [3.8, 4) is 5.75 Å².